The molecular weight excluding hydrogens is 362 g/mol. The van der Waals surface area contributed by atoms with Crippen molar-refractivity contribution in [1.29, 1.82) is 0 Å². The lowest BCUT2D eigenvalue weighted by atomic mass is 10.1. The van der Waals surface area contributed by atoms with Crippen LogP contribution in [0.15, 0.2) is 48.5 Å². The Morgan fingerprint density at radius 1 is 1.04 bits per heavy atom. The number of thiocarbonyl (C=S) groups is 1. The zero-order valence-corrected chi connectivity index (χ0v) is 16.2. The molecule has 3 N–H and O–H groups in total. The second-order valence-corrected chi connectivity index (χ2v) is 6.37. The second kappa shape index (κ2) is 10.4. The van der Waals surface area contributed by atoms with E-state index in [2.05, 4.69) is 16.0 Å². The maximum Gasteiger partial charge on any atom is 0.257 e. The number of carbonyl (C=O) groups excluding carboxylic acids is 2. The highest BCUT2D eigenvalue weighted by Crippen LogP contribution is 2.11. The van der Waals surface area contributed by atoms with Gasteiger partial charge in [0.25, 0.3) is 11.8 Å². The fourth-order valence-corrected chi connectivity index (χ4v) is 2.59. The molecule has 6 nitrogen and oxygen atoms in total. The number of aryl methyl sites for hydroxylation is 1. The van der Waals surface area contributed by atoms with Crippen molar-refractivity contribution in [3.8, 4) is 0 Å². The summed E-state index contributed by atoms with van der Waals surface area (Å²) in [4.78, 5) is 24.4. The lowest BCUT2D eigenvalue weighted by Crippen LogP contribution is -2.34. The summed E-state index contributed by atoms with van der Waals surface area (Å²) in [5.41, 5.74) is 2.65. The van der Waals surface area contributed by atoms with E-state index in [1.54, 1.807) is 43.5 Å². The Morgan fingerprint density at radius 3 is 2.44 bits per heavy atom. The monoisotopic (exact) mass is 385 g/mol. The Hall–Kier alpha value is -2.77. The number of benzene rings is 2. The highest BCUT2D eigenvalue weighted by atomic mass is 32.1. The fraction of sp³-hybridized carbons (Fsp3) is 0.250. The first-order valence-electron chi connectivity index (χ1n) is 8.56. The minimum atomic E-state index is -0.289. The molecular formula is C20H23N3O3S. The van der Waals surface area contributed by atoms with E-state index < -0.39 is 0 Å². The van der Waals surface area contributed by atoms with Gasteiger partial charge < -0.3 is 15.4 Å². The maximum absolute atomic E-state index is 12.2. The molecule has 0 heterocycles. The summed E-state index contributed by atoms with van der Waals surface area (Å²) in [7, 11) is 1.62. The number of ether oxygens (including phenoxy) is 1. The molecule has 2 aromatic rings. The van der Waals surface area contributed by atoms with Crippen molar-refractivity contribution in [1.82, 2.24) is 10.6 Å². The average Bonchev–Trinajstić information content (AvgIpc) is 2.65. The lowest BCUT2D eigenvalue weighted by Gasteiger charge is -2.11. The molecule has 0 spiro atoms. The molecule has 27 heavy (non-hydrogen) atoms. The SMILES string of the molecule is COCCCNC(=O)c1cccc(NC(=S)NC(=O)c2cccc(C)c2)c1. The Bertz CT molecular complexity index is 824. The van der Waals surface area contributed by atoms with Gasteiger partial charge in [-0.2, -0.15) is 0 Å². The van der Waals surface area contributed by atoms with Gasteiger partial charge in [0, 0.05) is 37.1 Å². The van der Waals surface area contributed by atoms with Gasteiger partial charge in [0.1, 0.15) is 0 Å². The Labute approximate surface area is 164 Å². The first-order chi connectivity index (χ1) is 13.0. The van der Waals surface area contributed by atoms with Crippen LogP contribution in [0.25, 0.3) is 0 Å². The quantitative estimate of drug-likeness (QED) is 0.505. The van der Waals surface area contributed by atoms with E-state index in [1.165, 1.54) is 0 Å². The summed E-state index contributed by atoms with van der Waals surface area (Å²) in [5, 5.41) is 8.55. The third-order valence-corrected chi connectivity index (χ3v) is 3.90. The van der Waals surface area contributed by atoms with Crippen LogP contribution in [-0.2, 0) is 4.74 Å². The molecule has 0 radical (unpaired) electrons. The van der Waals surface area contributed by atoms with Crippen LogP contribution < -0.4 is 16.0 Å². The zero-order valence-electron chi connectivity index (χ0n) is 15.4. The minimum absolute atomic E-state index is 0.166. The molecule has 0 saturated carbocycles. The number of anilines is 1. The third-order valence-electron chi connectivity index (χ3n) is 3.70. The van der Waals surface area contributed by atoms with Crippen LogP contribution in [0, 0.1) is 6.92 Å². The van der Waals surface area contributed by atoms with Gasteiger partial charge in [-0.15, -0.1) is 0 Å². The fourth-order valence-electron chi connectivity index (χ4n) is 2.38. The minimum Gasteiger partial charge on any atom is -0.385 e. The molecule has 0 saturated heterocycles. The molecule has 0 aromatic heterocycles. The largest absolute Gasteiger partial charge is 0.385 e. The molecule has 0 atom stereocenters. The second-order valence-electron chi connectivity index (χ2n) is 5.96. The summed E-state index contributed by atoms with van der Waals surface area (Å²) in [6.07, 6.45) is 0.745. The summed E-state index contributed by atoms with van der Waals surface area (Å²) in [5.74, 6) is -0.465. The van der Waals surface area contributed by atoms with Crippen molar-refractivity contribution in [3.63, 3.8) is 0 Å². The zero-order chi connectivity index (χ0) is 19.6. The van der Waals surface area contributed by atoms with Crippen molar-refractivity contribution < 1.29 is 14.3 Å². The van der Waals surface area contributed by atoms with Crippen LogP contribution in [0.1, 0.15) is 32.7 Å². The van der Waals surface area contributed by atoms with Crippen LogP contribution >= 0.6 is 12.2 Å². The van der Waals surface area contributed by atoms with Crippen molar-refractivity contribution in [3.05, 3.63) is 65.2 Å². The normalized spacial score (nSPS) is 10.1. The van der Waals surface area contributed by atoms with Crippen LogP contribution in [-0.4, -0.2) is 37.2 Å². The molecule has 0 aliphatic heterocycles. The van der Waals surface area contributed by atoms with Crippen LogP contribution in [0.3, 0.4) is 0 Å². The molecule has 0 unspecified atom stereocenters. The topological polar surface area (TPSA) is 79.5 Å². The lowest BCUT2D eigenvalue weighted by molar-refractivity contribution is 0.0946. The highest BCUT2D eigenvalue weighted by Gasteiger charge is 2.10. The smallest absolute Gasteiger partial charge is 0.257 e. The van der Waals surface area contributed by atoms with Gasteiger partial charge >= 0.3 is 0 Å². The number of amides is 2. The van der Waals surface area contributed by atoms with Gasteiger partial charge in [0.05, 0.1) is 0 Å². The molecule has 2 amide bonds. The van der Waals surface area contributed by atoms with E-state index in [1.807, 2.05) is 19.1 Å². The summed E-state index contributed by atoms with van der Waals surface area (Å²) in [6.45, 7) is 3.05. The maximum atomic E-state index is 12.2. The molecule has 0 bridgehead atoms. The van der Waals surface area contributed by atoms with Gasteiger partial charge in [-0.25, -0.2) is 0 Å². The first-order valence-corrected chi connectivity index (χ1v) is 8.96. The average molecular weight is 385 g/mol. The number of carbonyl (C=O) groups is 2. The Morgan fingerprint density at radius 2 is 1.74 bits per heavy atom. The molecule has 2 rings (SSSR count). The number of nitrogens with one attached hydrogen (secondary N) is 3. The standard InChI is InChI=1S/C20H23N3O3S/c1-14-6-3-7-15(12-14)19(25)23-20(27)22-17-9-4-8-16(13-17)18(24)21-10-5-11-26-2/h3-4,6-9,12-13H,5,10-11H2,1-2H3,(H,21,24)(H2,22,23,25,27). The molecule has 0 fully saturated rings. The number of rotatable bonds is 7. The van der Waals surface area contributed by atoms with E-state index in [4.69, 9.17) is 17.0 Å². The van der Waals surface area contributed by atoms with Crippen LogP contribution in [0.4, 0.5) is 5.69 Å². The van der Waals surface area contributed by atoms with Gasteiger partial charge in [-0.3, -0.25) is 14.9 Å². The van der Waals surface area contributed by atoms with Gasteiger partial charge in [0.15, 0.2) is 5.11 Å². The summed E-state index contributed by atoms with van der Waals surface area (Å²) < 4.78 is 4.95. The van der Waals surface area contributed by atoms with E-state index >= 15 is 0 Å². The van der Waals surface area contributed by atoms with E-state index in [-0.39, 0.29) is 16.9 Å². The molecule has 2 aromatic carbocycles. The van der Waals surface area contributed by atoms with Gasteiger partial charge in [-0.05, 0) is 55.9 Å². The molecule has 0 aliphatic rings. The van der Waals surface area contributed by atoms with Crippen molar-refractivity contribution >= 4 is 34.8 Å². The van der Waals surface area contributed by atoms with Gasteiger partial charge in [0.2, 0.25) is 0 Å². The van der Waals surface area contributed by atoms with E-state index in [0.29, 0.717) is 30.0 Å². The van der Waals surface area contributed by atoms with Crippen molar-refractivity contribution in [2.75, 3.05) is 25.6 Å². The van der Waals surface area contributed by atoms with E-state index in [9.17, 15) is 9.59 Å². The van der Waals surface area contributed by atoms with E-state index in [0.717, 1.165) is 12.0 Å². The summed E-state index contributed by atoms with van der Waals surface area (Å²) in [6, 6.07) is 14.1. The summed E-state index contributed by atoms with van der Waals surface area (Å²) >= 11 is 5.20. The molecule has 142 valence electrons. The van der Waals surface area contributed by atoms with Crippen molar-refractivity contribution in [2.24, 2.45) is 0 Å². The Balaban J connectivity index is 1.92. The van der Waals surface area contributed by atoms with Crippen LogP contribution in [0.2, 0.25) is 0 Å². The predicted molar refractivity (Wildman–Crippen MR) is 110 cm³/mol. The number of methoxy groups -OCH3 is 1. The first kappa shape index (κ1) is 20.5. The van der Waals surface area contributed by atoms with Crippen molar-refractivity contribution in [2.45, 2.75) is 13.3 Å². The molecule has 7 heteroatoms. The highest BCUT2D eigenvalue weighted by molar-refractivity contribution is 7.80. The van der Waals surface area contributed by atoms with Crippen LogP contribution in [0.5, 0.6) is 0 Å². The Kier molecular flexibility index (Phi) is 7.91. The predicted octanol–water partition coefficient (Wildman–Crippen LogP) is 2.89. The molecule has 0 aliphatic carbocycles. The third kappa shape index (κ3) is 6.80. The van der Waals surface area contributed by atoms with Gasteiger partial charge in [-0.1, -0.05) is 23.8 Å². The number of hydrogen-bond acceptors (Lipinski definition) is 4. The number of hydrogen-bond donors (Lipinski definition) is 3.